The van der Waals surface area contributed by atoms with Crippen molar-refractivity contribution in [1.82, 2.24) is 45.6 Å². The number of H-pyrrole nitrogens is 1. The maximum Gasteiger partial charge on any atom is 0.191 e. The minimum atomic E-state index is -1.05. The Kier molecular flexibility index (Phi) is 5.25. The van der Waals surface area contributed by atoms with Gasteiger partial charge in [-0.05, 0) is 42.0 Å². The molecule has 2 fully saturated rings. The Morgan fingerprint density at radius 1 is 1.20 bits per heavy atom. The maximum atomic E-state index is 10.7. The van der Waals surface area contributed by atoms with Gasteiger partial charge in [-0.3, -0.25) is 0 Å². The van der Waals surface area contributed by atoms with Crippen LogP contribution < -0.4 is 5.32 Å². The Bertz CT molecular complexity index is 1010. The van der Waals surface area contributed by atoms with Gasteiger partial charge in [0.2, 0.25) is 0 Å². The maximum absolute atomic E-state index is 10.7. The van der Waals surface area contributed by atoms with Crippen molar-refractivity contribution in [2.24, 2.45) is 5.92 Å². The van der Waals surface area contributed by atoms with E-state index in [9.17, 15) is 10.2 Å². The summed E-state index contributed by atoms with van der Waals surface area (Å²) in [5, 5.41) is 47.7. The van der Waals surface area contributed by atoms with Crippen LogP contribution in [0.5, 0.6) is 0 Å². The topological polar surface area (TPSA) is 163 Å². The van der Waals surface area contributed by atoms with Crippen LogP contribution in [0.1, 0.15) is 50.4 Å². The second kappa shape index (κ2) is 8.04. The molecule has 4 N–H and O–H groups in total. The summed E-state index contributed by atoms with van der Waals surface area (Å²) in [6.45, 7) is 2.96. The lowest BCUT2D eigenvalue weighted by Crippen LogP contribution is -2.29. The summed E-state index contributed by atoms with van der Waals surface area (Å²) in [7, 11) is 0. The largest absolute Gasteiger partial charge is 0.390 e. The van der Waals surface area contributed by atoms with Crippen LogP contribution in [0.15, 0.2) is 5.16 Å². The minimum Gasteiger partial charge on any atom is -0.390 e. The fourth-order valence-electron chi connectivity index (χ4n) is 3.82. The molecule has 2 saturated carbocycles. The van der Waals surface area contributed by atoms with Crippen LogP contribution in [0.25, 0.3) is 11.2 Å². The third-order valence-electron chi connectivity index (χ3n) is 5.67. The van der Waals surface area contributed by atoms with Gasteiger partial charge in [0.1, 0.15) is 6.10 Å². The number of nitrogens with zero attached hydrogens (tertiary/aromatic N) is 8. The summed E-state index contributed by atoms with van der Waals surface area (Å²) in [6.07, 6.45) is 1.81. The molecular formula is C17H24N10O2S. The fraction of sp³-hybridized carbons (Fsp3) is 0.706. The van der Waals surface area contributed by atoms with Crippen molar-refractivity contribution in [3.63, 3.8) is 0 Å². The van der Waals surface area contributed by atoms with Crippen LogP contribution in [0, 0.1) is 5.92 Å². The van der Waals surface area contributed by atoms with Crippen LogP contribution in [0.2, 0.25) is 0 Å². The number of thioether (sulfide) groups is 1. The third-order valence-corrected chi connectivity index (χ3v) is 6.73. The lowest BCUT2D eigenvalue weighted by Gasteiger charge is -2.17. The highest BCUT2D eigenvalue weighted by Crippen LogP contribution is 2.41. The molecule has 160 valence electrons. The molecule has 5 rings (SSSR count). The van der Waals surface area contributed by atoms with Gasteiger partial charge in [0.05, 0.1) is 18.1 Å². The Balaban J connectivity index is 1.49. The second-order valence-corrected chi connectivity index (χ2v) is 8.97. The molecule has 2 aliphatic rings. The number of aromatic nitrogens is 9. The van der Waals surface area contributed by atoms with Crippen molar-refractivity contribution in [2.45, 2.75) is 61.9 Å². The zero-order chi connectivity index (χ0) is 20.7. The third kappa shape index (κ3) is 3.61. The van der Waals surface area contributed by atoms with Gasteiger partial charge in [-0.2, -0.15) is 0 Å². The number of hydrogen-bond acceptors (Lipinski definition) is 11. The van der Waals surface area contributed by atoms with E-state index in [4.69, 9.17) is 0 Å². The van der Waals surface area contributed by atoms with Crippen LogP contribution >= 0.6 is 11.8 Å². The number of aliphatic hydroxyl groups is 2. The molecule has 13 heteroatoms. The molecule has 0 radical (unpaired) electrons. The number of nitrogens with one attached hydrogen (secondary N) is 2. The van der Waals surface area contributed by atoms with Gasteiger partial charge in [0.15, 0.2) is 28.0 Å². The monoisotopic (exact) mass is 432 g/mol. The van der Waals surface area contributed by atoms with E-state index in [1.807, 2.05) is 0 Å². The lowest BCUT2D eigenvalue weighted by molar-refractivity contribution is 0.0146. The first-order valence-electron chi connectivity index (χ1n) is 10.2. The smallest absolute Gasteiger partial charge is 0.191 e. The van der Waals surface area contributed by atoms with Gasteiger partial charge in [0, 0.05) is 12.3 Å². The number of aromatic amines is 1. The molecule has 4 atom stereocenters. The molecule has 0 bridgehead atoms. The van der Waals surface area contributed by atoms with E-state index in [0.29, 0.717) is 40.3 Å². The minimum absolute atomic E-state index is 0.407. The average molecular weight is 433 g/mol. The highest BCUT2D eigenvalue weighted by atomic mass is 32.2. The zero-order valence-corrected chi connectivity index (χ0v) is 17.3. The van der Waals surface area contributed by atoms with E-state index in [2.05, 4.69) is 53.1 Å². The predicted molar refractivity (Wildman–Crippen MR) is 108 cm³/mol. The predicted octanol–water partition coefficient (Wildman–Crippen LogP) is 0.509. The van der Waals surface area contributed by atoms with Crippen LogP contribution in [0.3, 0.4) is 0 Å². The summed E-state index contributed by atoms with van der Waals surface area (Å²) < 4.78 is 1.60. The first-order chi connectivity index (χ1) is 14.7. The Hall–Kier alpha value is -2.38. The highest BCUT2D eigenvalue weighted by molar-refractivity contribution is 7.99. The average Bonchev–Trinajstić information content (AvgIpc) is 3.11. The molecule has 3 aromatic rings. The van der Waals surface area contributed by atoms with Gasteiger partial charge >= 0.3 is 0 Å². The highest BCUT2D eigenvalue weighted by Gasteiger charge is 2.46. The van der Waals surface area contributed by atoms with Crippen molar-refractivity contribution in [3.8, 4) is 0 Å². The summed E-state index contributed by atoms with van der Waals surface area (Å²) in [4.78, 5) is 9.33. The van der Waals surface area contributed by atoms with E-state index in [-0.39, 0.29) is 0 Å². The summed E-state index contributed by atoms with van der Waals surface area (Å²) in [5.41, 5.74) is 1.12. The molecule has 30 heavy (non-hydrogen) atoms. The zero-order valence-electron chi connectivity index (χ0n) is 16.5. The van der Waals surface area contributed by atoms with Gasteiger partial charge in [-0.1, -0.05) is 23.9 Å². The Morgan fingerprint density at radius 3 is 2.80 bits per heavy atom. The fourth-order valence-corrected chi connectivity index (χ4v) is 4.52. The number of rotatable bonds is 8. The summed E-state index contributed by atoms with van der Waals surface area (Å²) in [5.74, 6) is 2.26. The standard InChI is InChI=1S/C17H24N10O2S/c1-2-5-30-17-19-15(18-7-8-3-4-8)11-16(20-17)27(26-21-11)10-6-9(12(28)13(10)29)14-22-24-25-23-14/h8-10,12-13,28-29H,2-7H2,1H3,(H,18,19,20)(H,22,23,24,25)/t9-,10+,12+,13-/m0/s1. The van der Waals surface area contributed by atoms with Gasteiger partial charge < -0.3 is 15.5 Å². The molecule has 2 aliphatic carbocycles. The first-order valence-corrected chi connectivity index (χ1v) is 11.2. The SMILES string of the molecule is CCCSc1nc(NCC2CC2)c2nnn([C@@H]3C[C@H](c4nnn[nH]4)[C@@H](O)[C@H]3O)c2n1. The van der Waals surface area contributed by atoms with Crippen molar-refractivity contribution < 1.29 is 10.2 Å². The van der Waals surface area contributed by atoms with Crippen molar-refractivity contribution in [2.75, 3.05) is 17.6 Å². The van der Waals surface area contributed by atoms with Crippen molar-refractivity contribution in [3.05, 3.63) is 5.82 Å². The molecule has 12 nitrogen and oxygen atoms in total. The van der Waals surface area contributed by atoms with Crippen LogP contribution in [0.4, 0.5) is 5.82 Å². The van der Waals surface area contributed by atoms with E-state index in [0.717, 1.165) is 18.7 Å². The Morgan fingerprint density at radius 2 is 2.07 bits per heavy atom. The number of aliphatic hydroxyl groups excluding tert-OH is 2. The quantitative estimate of drug-likeness (QED) is 0.289. The lowest BCUT2D eigenvalue weighted by atomic mass is 10.1. The molecule has 0 spiro atoms. The number of fused-ring (bicyclic) bond motifs is 1. The molecular weight excluding hydrogens is 408 g/mol. The van der Waals surface area contributed by atoms with Crippen LogP contribution in [-0.4, -0.2) is 80.3 Å². The number of anilines is 1. The molecule has 0 unspecified atom stereocenters. The molecule has 0 aromatic carbocycles. The van der Waals surface area contributed by atoms with E-state index < -0.39 is 24.2 Å². The van der Waals surface area contributed by atoms with E-state index in [1.54, 1.807) is 16.4 Å². The van der Waals surface area contributed by atoms with Gasteiger partial charge in [-0.15, -0.1) is 10.2 Å². The molecule has 0 aliphatic heterocycles. The van der Waals surface area contributed by atoms with Gasteiger partial charge in [-0.25, -0.2) is 19.7 Å². The number of tetrazole rings is 1. The van der Waals surface area contributed by atoms with Crippen molar-refractivity contribution >= 4 is 28.7 Å². The second-order valence-electron chi connectivity index (χ2n) is 7.91. The van der Waals surface area contributed by atoms with Crippen molar-refractivity contribution in [1.29, 1.82) is 0 Å². The first kappa shape index (κ1) is 19.6. The molecule has 0 saturated heterocycles. The Labute approximate surface area is 176 Å². The van der Waals surface area contributed by atoms with Gasteiger partial charge in [0.25, 0.3) is 0 Å². The molecule has 3 aromatic heterocycles. The number of hydrogen-bond donors (Lipinski definition) is 4. The van der Waals surface area contributed by atoms with E-state index in [1.165, 1.54) is 12.8 Å². The van der Waals surface area contributed by atoms with E-state index >= 15 is 0 Å². The summed E-state index contributed by atoms with van der Waals surface area (Å²) in [6, 6.07) is -0.504. The summed E-state index contributed by atoms with van der Waals surface area (Å²) >= 11 is 1.58. The normalized spacial score (nSPS) is 26.5. The molecule has 3 heterocycles. The molecule has 0 amide bonds. The van der Waals surface area contributed by atoms with Crippen LogP contribution in [-0.2, 0) is 0 Å².